The standard InChI is InChI=1S/C16H36PS/c1-5-9-12-17(13-10-6-2,14-11-7-3)15-16-18-8-4/h5-16H2,1-4H3/q+1. The molecule has 0 saturated carbocycles. The summed E-state index contributed by atoms with van der Waals surface area (Å²) in [6.07, 6.45) is 15.0. The molecule has 0 fully saturated rings. The van der Waals surface area contributed by atoms with Crippen molar-refractivity contribution in [3.8, 4) is 0 Å². The zero-order valence-electron chi connectivity index (χ0n) is 13.3. The Morgan fingerprint density at radius 1 is 0.667 bits per heavy atom. The third-order valence-corrected chi connectivity index (χ3v) is 10.0. The lowest BCUT2D eigenvalue weighted by molar-refractivity contribution is 0.834. The summed E-state index contributed by atoms with van der Waals surface area (Å²) >= 11 is 2.16. The van der Waals surface area contributed by atoms with E-state index in [-0.39, 0.29) is 0 Å². The van der Waals surface area contributed by atoms with Crippen molar-refractivity contribution in [1.82, 2.24) is 0 Å². The Labute approximate surface area is 121 Å². The third-order valence-electron chi connectivity index (χ3n) is 3.87. The first-order valence-electron chi connectivity index (χ1n) is 8.17. The number of rotatable bonds is 13. The Hall–Kier alpha value is 0.780. The molecule has 0 nitrogen and oxygen atoms in total. The van der Waals surface area contributed by atoms with Crippen molar-refractivity contribution in [2.75, 3.05) is 36.2 Å². The van der Waals surface area contributed by atoms with E-state index in [2.05, 4.69) is 39.5 Å². The minimum atomic E-state index is -0.596. The van der Waals surface area contributed by atoms with E-state index in [1.807, 2.05) is 0 Å². The smallest absolute Gasteiger partial charge is 0.0684 e. The molecule has 0 aromatic carbocycles. The number of thioether (sulfide) groups is 1. The molecular weight excluding hydrogens is 255 g/mol. The summed E-state index contributed by atoms with van der Waals surface area (Å²) in [7, 11) is -0.596. The number of unbranched alkanes of at least 4 members (excludes halogenated alkanes) is 3. The first-order chi connectivity index (χ1) is 8.74. The largest absolute Gasteiger partial charge is 0.159 e. The molecule has 0 aromatic heterocycles. The molecule has 0 saturated heterocycles. The van der Waals surface area contributed by atoms with Crippen molar-refractivity contribution in [2.45, 2.75) is 66.2 Å². The van der Waals surface area contributed by atoms with Crippen LogP contribution in [0.3, 0.4) is 0 Å². The summed E-state index contributed by atoms with van der Waals surface area (Å²) in [4.78, 5) is 0. The molecule has 0 aliphatic rings. The van der Waals surface area contributed by atoms with Crippen LogP contribution in [0.1, 0.15) is 66.2 Å². The van der Waals surface area contributed by atoms with Gasteiger partial charge in [0.1, 0.15) is 0 Å². The fourth-order valence-electron chi connectivity index (χ4n) is 2.55. The summed E-state index contributed by atoms with van der Waals surface area (Å²) in [6, 6.07) is 0. The number of hydrogen-bond acceptors (Lipinski definition) is 1. The van der Waals surface area contributed by atoms with Crippen LogP contribution in [0.2, 0.25) is 0 Å². The van der Waals surface area contributed by atoms with Gasteiger partial charge in [0.05, 0.1) is 24.6 Å². The van der Waals surface area contributed by atoms with E-state index in [0.717, 1.165) is 0 Å². The first kappa shape index (κ1) is 18.8. The van der Waals surface area contributed by atoms with E-state index < -0.39 is 7.26 Å². The van der Waals surface area contributed by atoms with Gasteiger partial charge in [0, 0.05) is 13.0 Å². The lowest BCUT2D eigenvalue weighted by atomic mass is 10.4. The van der Waals surface area contributed by atoms with Crippen molar-refractivity contribution in [3.05, 3.63) is 0 Å². The molecule has 0 unspecified atom stereocenters. The van der Waals surface area contributed by atoms with Gasteiger partial charge in [0.15, 0.2) is 0 Å². The Bertz CT molecular complexity index is 149. The van der Waals surface area contributed by atoms with Gasteiger partial charge >= 0.3 is 0 Å². The highest BCUT2D eigenvalue weighted by Gasteiger charge is 2.34. The van der Waals surface area contributed by atoms with Crippen LogP contribution in [-0.2, 0) is 0 Å². The Morgan fingerprint density at radius 2 is 1.11 bits per heavy atom. The fourth-order valence-corrected chi connectivity index (χ4v) is 9.21. The topological polar surface area (TPSA) is 0 Å². The molecule has 0 aromatic rings. The maximum atomic E-state index is 2.36. The van der Waals surface area contributed by atoms with E-state index in [9.17, 15) is 0 Å². The predicted octanol–water partition coefficient (Wildman–Crippen LogP) is 6.16. The van der Waals surface area contributed by atoms with Crippen LogP contribution in [-0.4, -0.2) is 36.2 Å². The lowest BCUT2D eigenvalue weighted by Crippen LogP contribution is -2.14. The van der Waals surface area contributed by atoms with Gasteiger partial charge in [-0.05, 0) is 25.0 Å². The van der Waals surface area contributed by atoms with E-state index in [1.54, 1.807) is 24.6 Å². The van der Waals surface area contributed by atoms with Crippen LogP contribution < -0.4 is 0 Å². The van der Waals surface area contributed by atoms with Gasteiger partial charge in [-0.2, -0.15) is 11.8 Å². The highest BCUT2D eigenvalue weighted by molar-refractivity contribution is 7.99. The molecule has 0 aliphatic carbocycles. The van der Waals surface area contributed by atoms with Crippen LogP contribution >= 0.6 is 19.0 Å². The molecule has 0 spiro atoms. The minimum absolute atomic E-state index is 0.596. The molecule has 2 heteroatoms. The molecule has 0 rings (SSSR count). The van der Waals surface area contributed by atoms with E-state index in [4.69, 9.17) is 0 Å². The monoisotopic (exact) mass is 291 g/mol. The summed E-state index contributed by atoms with van der Waals surface area (Å²) in [6.45, 7) is 9.37. The number of hydrogen-bond donors (Lipinski definition) is 0. The quantitative estimate of drug-likeness (QED) is 0.289. The van der Waals surface area contributed by atoms with E-state index >= 15 is 0 Å². The molecule has 0 heterocycles. The zero-order chi connectivity index (χ0) is 13.7. The predicted molar refractivity (Wildman–Crippen MR) is 94.1 cm³/mol. The Morgan fingerprint density at radius 3 is 1.44 bits per heavy atom. The highest BCUT2D eigenvalue weighted by Crippen LogP contribution is 2.60. The first-order valence-corrected chi connectivity index (χ1v) is 11.9. The van der Waals surface area contributed by atoms with Gasteiger partial charge in [-0.3, -0.25) is 0 Å². The fraction of sp³-hybridized carbons (Fsp3) is 1.00. The van der Waals surface area contributed by atoms with Gasteiger partial charge in [0.25, 0.3) is 0 Å². The van der Waals surface area contributed by atoms with Gasteiger partial charge in [0.2, 0.25) is 0 Å². The van der Waals surface area contributed by atoms with Crippen LogP contribution in [0.25, 0.3) is 0 Å². The van der Waals surface area contributed by atoms with Crippen LogP contribution in [0.5, 0.6) is 0 Å². The molecular formula is C16H36PS+. The van der Waals surface area contributed by atoms with E-state index in [1.165, 1.54) is 50.0 Å². The molecule has 0 atom stereocenters. The van der Waals surface area contributed by atoms with Crippen molar-refractivity contribution in [2.24, 2.45) is 0 Å². The molecule has 18 heavy (non-hydrogen) atoms. The molecule has 0 amide bonds. The Kier molecular flexibility index (Phi) is 13.4. The maximum Gasteiger partial charge on any atom is 0.0684 e. The van der Waals surface area contributed by atoms with Gasteiger partial charge in [-0.15, -0.1) is 0 Å². The second-order valence-electron chi connectivity index (χ2n) is 5.49. The Balaban J connectivity index is 4.41. The molecule has 0 aliphatic heterocycles. The van der Waals surface area contributed by atoms with E-state index in [0.29, 0.717) is 0 Å². The van der Waals surface area contributed by atoms with Crippen LogP contribution in [0.4, 0.5) is 0 Å². The van der Waals surface area contributed by atoms with Crippen LogP contribution in [0, 0.1) is 0 Å². The summed E-state index contributed by atoms with van der Waals surface area (Å²) < 4.78 is 0. The molecule has 0 N–H and O–H groups in total. The van der Waals surface area contributed by atoms with Crippen molar-refractivity contribution >= 4 is 19.0 Å². The maximum absolute atomic E-state index is 2.36. The van der Waals surface area contributed by atoms with Crippen LogP contribution in [0.15, 0.2) is 0 Å². The second kappa shape index (κ2) is 12.8. The summed E-state index contributed by atoms with van der Waals surface area (Å²) in [5.41, 5.74) is 0. The van der Waals surface area contributed by atoms with Gasteiger partial charge in [-0.1, -0.05) is 47.0 Å². The van der Waals surface area contributed by atoms with Gasteiger partial charge < -0.3 is 0 Å². The van der Waals surface area contributed by atoms with Gasteiger partial charge in [-0.25, -0.2) is 0 Å². The van der Waals surface area contributed by atoms with Crippen molar-refractivity contribution in [3.63, 3.8) is 0 Å². The minimum Gasteiger partial charge on any atom is -0.159 e. The molecule has 110 valence electrons. The normalized spacial score (nSPS) is 12.0. The van der Waals surface area contributed by atoms with Crippen molar-refractivity contribution < 1.29 is 0 Å². The zero-order valence-corrected chi connectivity index (χ0v) is 15.1. The average molecular weight is 292 g/mol. The molecule has 0 bridgehead atoms. The molecule has 0 radical (unpaired) electrons. The average Bonchev–Trinajstić information content (AvgIpc) is 2.40. The lowest BCUT2D eigenvalue weighted by Gasteiger charge is -2.28. The summed E-state index contributed by atoms with van der Waals surface area (Å²) in [5.74, 6) is 2.73. The van der Waals surface area contributed by atoms with Crippen molar-refractivity contribution in [1.29, 1.82) is 0 Å². The second-order valence-corrected chi connectivity index (χ2v) is 11.4. The summed E-state index contributed by atoms with van der Waals surface area (Å²) in [5, 5.41) is 0. The highest BCUT2D eigenvalue weighted by atomic mass is 32.2. The third kappa shape index (κ3) is 8.81. The SMILES string of the molecule is CCCC[P+](CCCC)(CCCC)CCSCC.